The van der Waals surface area contributed by atoms with E-state index in [1.54, 1.807) is 24.3 Å². The van der Waals surface area contributed by atoms with Gasteiger partial charge >= 0.3 is 0 Å². The molecule has 0 aliphatic rings. The van der Waals surface area contributed by atoms with E-state index in [1.165, 1.54) is 0 Å². The highest BCUT2D eigenvalue weighted by Crippen LogP contribution is 2.23. The minimum Gasteiger partial charge on any atom is -0.0843 e. The van der Waals surface area contributed by atoms with Crippen molar-refractivity contribution in [2.24, 2.45) is 0 Å². The Labute approximate surface area is 150 Å². The van der Waals surface area contributed by atoms with Crippen LogP contribution in [0.4, 0.5) is 0 Å². The maximum absolute atomic E-state index is 6.08. The van der Waals surface area contributed by atoms with E-state index < -0.39 is 0 Å². The van der Waals surface area contributed by atoms with E-state index in [0.717, 1.165) is 11.1 Å². The molecule has 0 saturated carbocycles. The first-order valence-electron chi connectivity index (χ1n) is 6.48. The SMILES string of the molecule is Clc1ccc(C=CC=CC=Cc2ccc(Cl)cc2Cl)c(Cl)c1. The van der Waals surface area contributed by atoms with E-state index in [0.29, 0.717) is 20.1 Å². The first-order chi connectivity index (χ1) is 10.6. The van der Waals surface area contributed by atoms with Crippen LogP contribution in [0.1, 0.15) is 11.1 Å². The highest BCUT2D eigenvalue weighted by Gasteiger charge is 1.97. The standard InChI is InChI=1S/C18H12Cl4/c19-15-9-7-13(17(21)11-15)5-3-1-2-4-6-14-8-10-16(20)12-18(14)22/h1-12H. The van der Waals surface area contributed by atoms with Crippen molar-refractivity contribution in [1.82, 2.24) is 0 Å². The Morgan fingerprint density at radius 3 is 1.32 bits per heavy atom. The van der Waals surface area contributed by atoms with Crippen molar-refractivity contribution >= 4 is 58.6 Å². The monoisotopic (exact) mass is 368 g/mol. The van der Waals surface area contributed by atoms with Gasteiger partial charge in [0.1, 0.15) is 0 Å². The van der Waals surface area contributed by atoms with Crippen LogP contribution in [0, 0.1) is 0 Å². The van der Waals surface area contributed by atoms with Crippen LogP contribution in [0.5, 0.6) is 0 Å². The molecule has 0 heterocycles. The second-order valence-electron chi connectivity index (χ2n) is 4.43. The average molecular weight is 370 g/mol. The van der Waals surface area contributed by atoms with Crippen LogP contribution in [-0.4, -0.2) is 0 Å². The number of benzene rings is 2. The van der Waals surface area contributed by atoms with Gasteiger partial charge in [-0.05, 0) is 35.4 Å². The molecule has 0 bridgehead atoms. The predicted molar refractivity (Wildman–Crippen MR) is 100 cm³/mol. The van der Waals surface area contributed by atoms with E-state index in [2.05, 4.69) is 0 Å². The number of hydrogen-bond donors (Lipinski definition) is 0. The highest BCUT2D eigenvalue weighted by atomic mass is 35.5. The second kappa shape index (κ2) is 8.45. The Morgan fingerprint density at radius 2 is 0.955 bits per heavy atom. The minimum absolute atomic E-state index is 0.625. The smallest absolute Gasteiger partial charge is 0.0493 e. The van der Waals surface area contributed by atoms with E-state index in [-0.39, 0.29) is 0 Å². The molecule has 112 valence electrons. The second-order valence-corrected chi connectivity index (χ2v) is 6.12. The van der Waals surface area contributed by atoms with E-state index in [4.69, 9.17) is 46.4 Å². The molecule has 0 unspecified atom stereocenters. The molecule has 22 heavy (non-hydrogen) atoms. The Bertz CT molecular complexity index is 679. The molecule has 0 spiro atoms. The quantitative estimate of drug-likeness (QED) is 0.487. The van der Waals surface area contributed by atoms with Gasteiger partial charge in [0.05, 0.1) is 0 Å². The lowest BCUT2D eigenvalue weighted by Gasteiger charge is -1.97. The van der Waals surface area contributed by atoms with E-state index >= 15 is 0 Å². The summed E-state index contributed by atoms with van der Waals surface area (Å²) in [6.07, 6.45) is 11.5. The maximum atomic E-state index is 6.08. The summed E-state index contributed by atoms with van der Waals surface area (Å²) in [4.78, 5) is 0. The van der Waals surface area contributed by atoms with Crippen LogP contribution in [0.15, 0.2) is 60.7 Å². The Hall–Kier alpha value is -1.18. The molecule has 0 fully saturated rings. The predicted octanol–water partition coefficient (Wildman–Crippen LogP) is 7.58. The molecule has 0 nitrogen and oxygen atoms in total. The van der Waals surface area contributed by atoms with Crippen molar-refractivity contribution in [2.45, 2.75) is 0 Å². The summed E-state index contributed by atoms with van der Waals surface area (Å²) < 4.78 is 0. The van der Waals surface area contributed by atoms with Crippen LogP contribution in [-0.2, 0) is 0 Å². The molecular formula is C18H12Cl4. The topological polar surface area (TPSA) is 0 Å². The first-order valence-corrected chi connectivity index (χ1v) is 7.99. The maximum Gasteiger partial charge on any atom is 0.0493 e. The van der Waals surface area contributed by atoms with Gasteiger partial charge in [0.2, 0.25) is 0 Å². The van der Waals surface area contributed by atoms with Gasteiger partial charge in [-0.1, -0.05) is 95.0 Å². The summed E-state index contributed by atoms with van der Waals surface area (Å²) >= 11 is 23.9. The van der Waals surface area contributed by atoms with E-state index in [9.17, 15) is 0 Å². The molecule has 0 aliphatic carbocycles. The lowest BCUT2D eigenvalue weighted by atomic mass is 10.2. The number of halogens is 4. The Balaban J connectivity index is 1.97. The first kappa shape index (κ1) is 17.2. The van der Waals surface area contributed by atoms with Gasteiger partial charge in [0, 0.05) is 20.1 Å². The van der Waals surface area contributed by atoms with Gasteiger partial charge in [-0.3, -0.25) is 0 Å². The number of hydrogen-bond acceptors (Lipinski definition) is 0. The van der Waals surface area contributed by atoms with Gasteiger partial charge in [-0.2, -0.15) is 0 Å². The van der Waals surface area contributed by atoms with Crippen molar-refractivity contribution in [3.63, 3.8) is 0 Å². The largest absolute Gasteiger partial charge is 0.0843 e. The van der Waals surface area contributed by atoms with Crippen molar-refractivity contribution in [2.75, 3.05) is 0 Å². The molecule has 2 aromatic rings. The van der Waals surface area contributed by atoms with Crippen LogP contribution >= 0.6 is 46.4 Å². The zero-order valence-electron chi connectivity index (χ0n) is 11.4. The van der Waals surface area contributed by atoms with Crippen molar-refractivity contribution < 1.29 is 0 Å². The van der Waals surface area contributed by atoms with Crippen molar-refractivity contribution in [3.05, 3.63) is 91.9 Å². The molecule has 0 aromatic heterocycles. The van der Waals surface area contributed by atoms with Crippen LogP contribution < -0.4 is 0 Å². The third-order valence-electron chi connectivity index (χ3n) is 2.81. The molecule has 0 amide bonds. The third kappa shape index (κ3) is 5.23. The summed E-state index contributed by atoms with van der Waals surface area (Å²) in [5.41, 5.74) is 1.83. The van der Waals surface area contributed by atoms with Gasteiger partial charge in [-0.25, -0.2) is 0 Å². The molecule has 2 aromatic carbocycles. The summed E-state index contributed by atoms with van der Waals surface area (Å²) in [5.74, 6) is 0. The minimum atomic E-state index is 0.625. The average Bonchev–Trinajstić information content (AvgIpc) is 2.46. The number of allylic oxidation sites excluding steroid dienone is 4. The summed E-state index contributed by atoms with van der Waals surface area (Å²) in [7, 11) is 0. The normalized spacial score (nSPS) is 12.0. The third-order valence-corrected chi connectivity index (χ3v) is 3.93. The van der Waals surface area contributed by atoms with Gasteiger partial charge in [0.25, 0.3) is 0 Å². The van der Waals surface area contributed by atoms with Gasteiger partial charge in [-0.15, -0.1) is 0 Å². The highest BCUT2D eigenvalue weighted by molar-refractivity contribution is 6.36. The van der Waals surface area contributed by atoms with Crippen LogP contribution in [0.25, 0.3) is 12.2 Å². The number of rotatable bonds is 4. The van der Waals surface area contributed by atoms with Crippen molar-refractivity contribution in [3.8, 4) is 0 Å². The fraction of sp³-hybridized carbons (Fsp3) is 0. The molecule has 0 radical (unpaired) electrons. The summed E-state index contributed by atoms with van der Waals surface area (Å²) in [6.45, 7) is 0. The van der Waals surface area contributed by atoms with E-state index in [1.807, 2.05) is 48.6 Å². The zero-order chi connectivity index (χ0) is 15.9. The Kier molecular flexibility index (Phi) is 6.60. The summed E-state index contributed by atoms with van der Waals surface area (Å²) in [6, 6.07) is 10.8. The van der Waals surface area contributed by atoms with Gasteiger partial charge < -0.3 is 0 Å². The van der Waals surface area contributed by atoms with Crippen LogP contribution in [0.3, 0.4) is 0 Å². The molecule has 0 saturated heterocycles. The molecule has 0 aliphatic heterocycles. The fourth-order valence-electron chi connectivity index (χ4n) is 1.72. The molecule has 0 atom stereocenters. The Morgan fingerprint density at radius 1 is 0.545 bits per heavy atom. The molecular weight excluding hydrogens is 358 g/mol. The molecule has 2 rings (SSSR count). The summed E-state index contributed by atoms with van der Waals surface area (Å²) in [5, 5.41) is 2.50. The zero-order valence-corrected chi connectivity index (χ0v) is 14.5. The van der Waals surface area contributed by atoms with Crippen LogP contribution in [0.2, 0.25) is 20.1 Å². The van der Waals surface area contributed by atoms with Gasteiger partial charge in [0.15, 0.2) is 0 Å². The molecule has 0 N–H and O–H groups in total. The fourth-order valence-corrected chi connectivity index (χ4v) is 2.66. The molecule has 4 heteroatoms. The van der Waals surface area contributed by atoms with Crippen molar-refractivity contribution in [1.29, 1.82) is 0 Å². The lowest BCUT2D eigenvalue weighted by molar-refractivity contribution is 1.65. The lowest BCUT2D eigenvalue weighted by Crippen LogP contribution is -1.74.